The first kappa shape index (κ1) is 19.9. The Balaban J connectivity index is 2.36. The third kappa shape index (κ3) is 5.51. The summed E-state index contributed by atoms with van der Waals surface area (Å²) in [5.74, 6) is 0. The maximum atomic E-state index is 10.3. The van der Waals surface area contributed by atoms with E-state index in [0.717, 1.165) is 27.1 Å². The average Bonchev–Trinajstić information content (AvgIpc) is 2.50. The fourth-order valence-corrected chi connectivity index (χ4v) is 4.32. The predicted molar refractivity (Wildman–Crippen MR) is 86.6 cm³/mol. The number of benzene rings is 2. The SMILES string of the molecule is Cc1cc(B(OCCN)c2ccc([C](O)([Hg])[Hg])cc2)ccc1Cl. The molecule has 2 aromatic carbocycles. The molecular weight excluding hydrogens is 686 g/mol. The van der Waals surface area contributed by atoms with Crippen LogP contribution in [0.15, 0.2) is 42.5 Å². The number of nitrogens with two attached hydrogens (primary N) is 1. The molecule has 2 aromatic rings. The van der Waals surface area contributed by atoms with Crippen LogP contribution in [-0.2, 0) is 57.5 Å². The van der Waals surface area contributed by atoms with Gasteiger partial charge in [0.1, 0.15) is 0 Å². The maximum absolute atomic E-state index is 10.3. The second-order valence-electron chi connectivity index (χ2n) is 5.70. The van der Waals surface area contributed by atoms with Crippen LogP contribution < -0.4 is 16.7 Å². The Morgan fingerprint density at radius 3 is 2.30 bits per heavy atom. The Kier molecular flexibility index (Phi) is 7.57. The quantitative estimate of drug-likeness (QED) is 0.441. The monoisotopic (exact) mass is 705 g/mol. The Labute approximate surface area is 175 Å². The van der Waals surface area contributed by atoms with Gasteiger partial charge in [0.15, 0.2) is 0 Å². The third-order valence-electron chi connectivity index (χ3n) is 3.64. The first-order valence-corrected chi connectivity index (χ1v) is 13.3. The summed E-state index contributed by atoms with van der Waals surface area (Å²) < 4.78 is 5.51. The van der Waals surface area contributed by atoms with Crippen molar-refractivity contribution in [3.05, 3.63) is 58.6 Å². The van der Waals surface area contributed by atoms with Crippen LogP contribution in [-0.4, -0.2) is 25.2 Å². The van der Waals surface area contributed by atoms with Crippen molar-refractivity contribution >= 4 is 29.4 Å². The van der Waals surface area contributed by atoms with E-state index in [9.17, 15) is 5.11 Å². The van der Waals surface area contributed by atoms with Crippen LogP contribution in [0.25, 0.3) is 0 Å². The van der Waals surface area contributed by atoms with E-state index in [4.69, 9.17) is 22.0 Å². The van der Waals surface area contributed by atoms with E-state index in [-0.39, 0.29) is 6.92 Å². The molecule has 112 valence electrons. The zero-order valence-electron chi connectivity index (χ0n) is 13.3. The summed E-state index contributed by atoms with van der Waals surface area (Å²) in [6.45, 7) is 2.79. The van der Waals surface area contributed by atoms with Crippen LogP contribution in [0.4, 0.5) is 0 Å². The average molecular weight is 703 g/mol. The third-order valence-corrected chi connectivity index (χ3v) is 7.24. The summed E-state index contributed by atoms with van der Waals surface area (Å²) >= 11 is 6.78. The van der Waals surface area contributed by atoms with E-state index < -0.39 is 0.619 Å². The van der Waals surface area contributed by atoms with Gasteiger partial charge >= 0.3 is 176 Å². The summed E-state index contributed by atoms with van der Waals surface area (Å²) in [7, 11) is 0. The van der Waals surface area contributed by atoms with E-state index in [0.29, 0.717) is 65.4 Å². The van der Waals surface area contributed by atoms with Gasteiger partial charge in [-0.05, 0) is 0 Å². The van der Waals surface area contributed by atoms with E-state index in [2.05, 4.69) is 6.07 Å². The number of hydrogen-bond acceptors (Lipinski definition) is 3. The molecule has 0 amide bonds. The molecule has 23 heavy (non-hydrogen) atoms. The van der Waals surface area contributed by atoms with E-state index in [1.165, 1.54) is 0 Å². The summed E-state index contributed by atoms with van der Waals surface area (Å²) in [5.41, 5.74) is 9.80. The normalized spacial score (nSPS) is 11.7. The Morgan fingerprint density at radius 2 is 1.78 bits per heavy atom. The summed E-state index contributed by atoms with van der Waals surface area (Å²) in [5, 5.41) is 11.0. The number of hydrogen-bond donors (Lipinski definition) is 2. The fraction of sp³-hybridized carbons (Fsp3) is 0.250. The van der Waals surface area contributed by atoms with E-state index in [1.807, 2.05) is 43.3 Å². The molecule has 0 aliphatic heterocycles. The summed E-state index contributed by atoms with van der Waals surface area (Å²) in [6.07, 6.45) is 0. The van der Waals surface area contributed by atoms with Crippen LogP contribution in [0, 0.1) is 6.92 Å². The van der Waals surface area contributed by atoms with Gasteiger partial charge in [0.25, 0.3) is 0 Å². The van der Waals surface area contributed by atoms with Gasteiger partial charge < -0.3 is 0 Å². The zero-order chi connectivity index (χ0) is 17.0. The van der Waals surface area contributed by atoms with Crippen LogP contribution >= 0.6 is 11.6 Å². The first-order chi connectivity index (χ1) is 10.8. The second kappa shape index (κ2) is 8.77. The molecule has 0 heterocycles. The number of rotatable bonds is 6. The Morgan fingerprint density at radius 1 is 1.17 bits per heavy atom. The number of aryl methyl sites for hydroxylation is 1. The molecule has 7 heteroatoms. The van der Waals surface area contributed by atoms with Crippen LogP contribution in [0.3, 0.4) is 0 Å². The van der Waals surface area contributed by atoms with Gasteiger partial charge in [-0.2, -0.15) is 0 Å². The van der Waals surface area contributed by atoms with Crippen molar-refractivity contribution in [2.75, 3.05) is 13.2 Å². The molecule has 0 radical (unpaired) electrons. The number of aliphatic hydroxyl groups is 1. The molecule has 0 saturated heterocycles. The van der Waals surface area contributed by atoms with Gasteiger partial charge in [-0.1, -0.05) is 0 Å². The standard InChI is InChI=1S/C16H17BClNO2.2Hg/c1-12-10-15(6-7-16(12)18)17(21-9-8-19)14-4-2-13(11-20)3-5-14;;/h2-7,10,20H,8-9,19H2,1H3;;. The molecule has 3 N–H and O–H groups in total. The van der Waals surface area contributed by atoms with Gasteiger partial charge in [-0.3, -0.25) is 0 Å². The topological polar surface area (TPSA) is 55.5 Å². The molecule has 0 fully saturated rings. The van der Waals surface area contributed by atoms with Crippen molar-refractivity contribution in [2.45, 2.75) is 7.54 Å². The van der Waals surface area contributed by atoms with Gasteiger partial charge in [-0.15, -0.1) is 0 Å². The van der Waals surface area contributed by atoms with Crippen LogP contribution in [0.5, 0.6) is 0 Å². The molecule has 0 spiro atoms. The van der Waals surface area contributed by atoms with Crippen molar-refractivity contribution in [3.63, 3.8) is 0 Å². The Bertz CT molecular complexity index is 662. The minimum absolute atomic E-state index is 0.172. The zero-order valence-corrected chi connectivity index (χ0v) is 25.0. The van der Waals surface area contributed by atoms with Gasteiger partial charge in [-0.25, -0.2) is 0 Å². The molecule has 0 aliphatic carbocycles. The van der Waals surface area contributed by atoms with Crippen molar-refractivity contribution in [2.24, 2.45) is 5.73 Å². The van der Waals surface area contributed by atoms with Crippen molar-refractivity contribution < 1.29 is 62.0 Å². The van der Waals surface area contributed by atoms with E-state index in [1.54, 1.807) is 0 Å². The van der Waals surface area contributed by atoms with Crippen molar-refractivity contribution in [1.29, 1.82) is 0 Å². The molecule has 0 atom stereocenters. The molecule has 0 unspecified atom stereocenters. The van der Waals surface area contributed by atoms with Gasteiger partial charge in [0.05, 0.1) is 0 Å². The van der Waals surface area contributed by atoms with Gasteiger partial charge in [0, 0.05) is 0 Å². The number of halogens is 1. The Hall–Kier alpha value is 0.545. The predicted octanol–water partition coefficient (Wildman–Crippen LogP) is 0.926. The minimum atomic E-state index is -0.469. The van der Waals surface area contributed by atoms with Crippen LogP contribution in [0.1, 0.15) is 11.1 Å². The molecule has 0 saturated carbocycles. The molecule has 0 aromatic heterocycles. The second-order valence-corrected chi connectivity index (χ2v) is 30.3. The van der Waals surface area contributed by atoms with Crippen molar-refractivity contribution in [1.82, 2.24) is 0 Å². The van der Waals surface area contributed by atoms with Crippen LogP contribution in [0.2, 0.25) is 5.02 Å². The molecule has 0 aliphatic rings. The summed E-state index contributed by atoms with van der Waals surface area (Å²) in [4.78, 5) is 0. The van der Waals surface area contributed by atoms with Gasteiger partial charge in [0.2, 0.25) is 0 Å². The molecule has 2 rings (SSSR count). The molecular formula is C16H17BClHg2NO2. The van der Waals surface area contributed by atoms with E-state index >= 15 is 0 Å². The van der Waals surface area contributed by atoms with Crippen molar-refractivity contribution in [3.8, 4) is 0 Å². The first-order valence-electron chi connectivity index (χ1n) is 7.44. The molecule has 3 nitrogen and oxygen atoms in total. The molecule has 0 bridgehead atoms. The summed E-state index contributed by atoms with van der Waals surface area (Å²) in [6, 6.07) is 14.1. The fourth-order valence-electron chi connectivity index (χ4n) is 2.37.